The Morgan fingerprint density at radius 2 is 1.90 bits per heavy atom. The maximum Gasteiger partial charge on any atom is 0.251 e. The minimum atomic E-state index is -0.0386. The van der Waals surface area contributed by atoms with Gasteiger partial charge in [0.25, 0.3) is 5.91 Å². The molecule has 0 unspecified atom stereocenters. The van der Waals surface area contributed by atoms with E-state index in [1.54, 1.807) is 14.2 Å². The molecule has 6 heteroatoms. The third kappa shape index (κ3) is 7.14. The van der Waals surface area contributed by atoms with Crippen molar-refractivity contribution in [2.75, 3.05) is 27.2 Å². The van der Waals surface area contributed by atoms with E-state index in [1.165, 1.54) is 11.1 Å². The summed E-state index contributed by atoms with van der Waals surface area (Å²) in [4.78, 5) is 16.4. The highest BCUT2D eigenvalue weighted by Gasteiger charge is 2.07. The van der Waals surface area contributed by atoms with Crippen LogP contribution in [0.4, 0.5) is 0 Å². The van der Waals surface area contributed by atoms with E-state index >= 15 is 0 Å². The Morgan fingerprint density at radius 3 is 2.62 bits per heavy atom. The maximum atomic E-state index is 12.1. The van der Waals surface area contributed by atoms with Crippen molar-refractivity contribution in [3.05, 3.63) is 64.7 Å². The second-order valence-corrected chi connectivity index (χ2v) is 6.87. The van der Waals surface area contributed by atoms with Crippen LogP contribution < -0.4 is 20.7 Å². The van der Waals surface area contributed by atoms with Gasteiger partial charge in [0.15, 0.2) is 5.96 Å². The summed E-state index contributed by atoms with van der Waals surface area (Å²) in [6.07, 6.45) is 1.75. The van der Waals surface area contributed by atoms with Gasteiger partial charge in [-0.2, -0.15) is 0 Å². The molecule has 2 aromatic rings. The van der Waals surface area contributed by atoms with Crippen LogP contribution in [0.2, 0.25) is 0 Å². The maximum absolute atomic E-state index is 12.1. The zero-order valence-corrected chi connectivity index (χ0v) is 17.8. The number of rotatable bonds is 9. The summed E-state index contributed by atoms with van der Waals surface area (Å²) in [6.45, 7) is 6.12. The molecule has 2 rings (SSSR count). The van der Waals surface area contributed by atoms with Gasteiger partial charge >= 0.3 is 0 Å². The third-order valence-electron chi connectivity index (χ3n) is 4.53. The zero-order valence-electron chi connectivity index (χ0n) is 17.8. The summed E-state index contributed by atoms with van der Waals surface area (Å²) >= 11 is 0. The Balaban J connectivity index is 1.87. The quantitative estimate of drug-likeness (QED) is 0.450. The van der Waals surface area contributed by atoms with Crippen LogP contribution in [0, 0.1) is 6.92 Å². The molecule has 2 aromatic carbocycles. The number of benzene rings is 2. The van der Waals surface area contributed by atoms with Crippen LogP contribution in [-0.2, 0) is 13.0 Å². The minimum absolute atomic E-state index is 0.0386. The number of carbonyl (C=O) groups is 1. The van der Waals surface area contributed by atoms with Gasteiger partial charge in [-0.15, -0.1) is 0 Å². The Bertz CT molecular complexity index is 833. The average molecular weight is 397 g/mol. The second-order valence-electron chi connectivity index (χ2n) is 6.87. The summed E-state index contributed by atoms with van der Waals surface area (Å²) in [5, 5.41) is 9.53. The number of ether oxygens (including phenoxy) is 1. The Kier molecular flexibility index (Phi) is 9.02. The van der Waals surface area contributed by atoms with Crippen molar-refractivity contribution in [3.8, 4) is 5.75 Å². The van der Waals surface area contributed by atoms with Crippen LogP contribution in [0.1, 0.15) is 40.4 Å². The number of amides is 1. The molecule has 0 bridgehead atoms. The molecule has 3 N–H and O–H groups in total. The van der Waals surface area contributed by atoms with Crippen molar-refractivity contribution >= 4 is 11.9 Å². The Hall–Kier alpha value is -3.02. The lowest BCUT2D eigenvalue weighted by molar-refractivity contribution is 0.0953. The lowest BCUT2D eigenvalue weighted by Crippen LogP contribution is -2.38. The topological polar surface area (TPSA) is 74.8 Å². The molecule has 0 saturated heterocycles. The first-order valence-corrected chi connectivity index (χ1v) is 10.0. The number of guanidine groups is 1. The highest BCUT2D eigenvalue weighted by atomic mass is 16.5. The summed E-state index contributed by atoms with van der Waals surface area (Å²) in [5.74, 6) is 1.58. The molecular formula is C23H32N4O2. The Morgan fingerprint density at radius 1 is 1.07 bits per heavy atom. The molecule has 1 amide bonds. The monoisotopic (exact) mass is 396 g/mol. The van der Waals surface area contributed by atoms with Gasteiger partial charge in [-0.05, 0) is 49.1 Å². The van der Waals surface area contributed by atoms with E-state index in [1.807, 2.05) is 43.3 Å². The molecule has 0 fully saturated rings. The molecule has 0 aliphatic carbocycles. The fourth-order valence-electron chi connectivity index (χ4n) is 2.99. The van der Waals surface area contributed by atoms with Crippen LogP contribution in [0.15, 0.2) is 47.5 Å². The standard InChI is InChI=1S/C23H32N4O2/c1-5-12-25-22(28)20-8-6-7-18(15-20)16-27-23(24-3)26-13-11-19-14-17(2)9-10-21(19)29-4/h6-10,14-15H,5,11-13,16H2,1-4H3,(H,25,28)(H2,24,26,27). The largest absolute Gasteiger partial charge is 0.496 e. The van der Waals surface area contributed by atoms with Crippen molar-refractivity contribution in [2.24, 2.45) is 4.99 Å². The van der Waals surface area contributed by atoms with Gasteiger partial charge in [-0.3, -0.25) is 9.79 Å². The molecule has 0 saturated carbocycles. The predicted molar refractivity (Wildman–Crippen MR) is 119 cm³/mol. The first kappa shape index (κ1) is 22.3. The molecular weight excluding hydrogens is 364 g/mol. The van der Waals surface area contributed by atoms with Gasteiger partial charge in [-0.1, -0.05) is 36.8 Å². The molecule has 0 radical (unpaired) electrons. The van der Waals surface area contributed by atoms with Crippen molar-refractivity contribution < 1.29 is 9.53 Å². The number of hydrogen-bond acceptors (Lipinski definition) is 3. The van der Waals surface area contributed by atoms with E-state index in [4.69, 9.17) is 4.74 Å². The van der Waals surface area contributed by atoms with Crippen LogP contribution in [0.25, 0.3) is 0 Å². The van der Waals surface area contributed by atoms with Crippen LogP contribution in [0.3, 0.4) is 0 Å². The van der Waals surface area contributed by atoms with Crippen molar-refractivity contribution in [1.29, 1.82) is 0 Å². The summed E-state index contributed by atoms with van der Waals surface area (Å²) in [6, 6.07) is 13.8. The molecule has 0 heterocycles. The van der Waals surface area contributed by atoms with Crippen molar-refractivity contribution in [1.82, 2.24) is 16.0 Å². The van der Waals surface area contributed by atoms with Crippen LogP contribution in [-0.4, -0.2) is 39.1 Å². The van der Waals surface area contributed by atoms with E-state index < -0.39 is 0 Å². The number of hydrogen-bond donors (Lipinski definition) is 3. The van der Waals surface area contributed by atoms with E-state index in [0.29, 0.717) is 18.7 Å². The summed E-state index contributed by atoms with van der Waals surface area (Å²) in [5.41, 5.74) is 4.08. The summed E-state index contributed by atoms with van der Waals surface area (Å²) < 4.78 is 5.44. The number of aryl methyl sites for hydroxylation is 1. The molecule has 0 aromatic heterocycles. The normalized spacial score (nSPS) is 11.1. The number of carbonyl (C=O) groups excluding carboxylic acids is 1. The zero-order chi connectivity index (χ0) is 21.1. The molecule has 6 nitrogen and oxygen atoms in total. The number of nitrogens with one attached hydrogen (secondary N) is 3. The van der Waals surface area contributed by atoms with Crippen LogP contribution in [0.5, 0.6) is 5.75 Å². The van der Waals surface area contributed by atoms with Gasteiger partial charge in [0, 0.05) is 32.2 Å². The van der Waals surface area contributed by atoms with Gasteiger partial charge in [0.2, 0.25) is 0 Å². The fourth-order valence-corrected chi connectivity index (χ4v) is 2.99. The molecule has 0 aliphatic rings. The van der Waals surface area contributed by atoms with Gasteiger partial charge in [0.05, 0.1) is 7.11 Å². The smallest absolute Gasteiger partial charge is 0.251 e. The van der Waals surface area contributed by atoms with Gasteiger partial charge < -0.3 is 20.7 Å². The molecule has 29 heavy (non-hydrogen) atoms. The first-order chi connectivity index (χ1) is 14.1. The second kappa shape index (κ2) is 11.7. The van der Waals surface area contributed by atoms with E-state index in [2.05, 4.69) is 33.9 Å². The van der Waals surface area contributed by atoms with Gasteiger partial charge in [0.1, 0.15) is 5.75 Å². The lowest BCUT2D eigenvalue weighted by Gasteiger charge is -2.14. The van der Waals surface area contributed by atoms with Crippen LogP contribution >= 0.6 is 0 Å². The third-order valence-corrected chi connectivity index (χ3v) is 4.53. The van der Waals surface area contributed by atoms with E-state index in [0.717, 1.165) is 36.7 Å². The van der Waals surface area contributed by atoms with E-state index in [9.17, 15) is 4.79 Å². The number of methoxy groups -OCH3 is 1. The Labute approximate surface area is 173 Å². The molecule has 0 atom stereocenters. The fraction of sp³-hybridized carbons (Fsp3) is 0.391. The van der Waals surface area contributed by atoms with Crippen molar-refractivity contribution in [3.63, 3.8) is 0 Å². The molecule has 0 aliphatic heterocycles. The minimum Gasteiger partial charge on any atom is -0.496 e. The first-order valence-electron chi connectivity index (χ1n) is 10.0. The molecule has 156 valence electrons. The van der Waals surface area contributed by atoms with Crippen molar-refractivity contribution in [2.45, 2.75) is 33.2 Å². The predicted octanol–water partition coefficient (Wildman–Crippen LogP) is 3.05. The molecule has 0 spiro atoms. The van der Waals surface area contributed by atoms with E-state index in [-0.39, 0.29) is 5.91 Å². The highest BCUT2D eigenvalue weighted by molar-refractivity contribution is 5.94. The number of nitrogens with zero attached hydrogens (tertiary/aromatic N) is 1. The van der Waals surface area contributed by atoms with Gasteiger partial charge in [-0.25, -0.2) is 0 Å². The SMILES string of the molecule is CCCNC(=O)c1cccc(CNC(=NC)NCCc2cc(C)ccc2OC)c1. The summed E-state index contributed by atoms with van der Waals surface area (Å²) in [7, 11) is 3.44. The highest BCUT2D eigenvalue weighted by Crippen LogP contribution is 2.19. The average Bonchev–Trinajstić information content (AvgIpc) is 2.74. The number of aliphatic imine (C=N–C) groups is 1. The lowest BCUT2D eigenvalue weighted by atomic mass is 10.1.